The molecule has 1 amide bonds. The van der Waals surface area contributed by atoms with Crippen LogP contribution in [0.2, 0.25) is 0 Å². The summed E-state index contributed by atoms with van der Waals surface area (Å²) in [5.41, 5.74) is 6.79. The van der Waals surface area contributed by atoms with Gasteiger partial charge in [0.05, 0.1) is 16.1 Å². The van der Waals surface area contributed by atoms with Crippen molar-refractivity contribution >= 4 is 33.7 Å². The van der Waals surface area contributed by atoms with Crippen molar-refractivity contribution < 1.29 is 9.59 Å². The standard InChI is InChI=1S/C14H23N3O2S/c1-5-8-17(7-3)14-10(13(19)16-4)11(15)12(20-14)9(18)6-2/h5-8,15H2,1-4H3,(H,16,19). The highest BCUT2D eigenvalue weighted by Crippen LogP contribution is 2.39. The van der Waals surface area contributed by atoms with Gasteiger partial charge in [0.2, 0.25) is 0 Å². The number of nitrogens with two attached hydrogens (primary N) is 1. The Hall–Kier alpha value is -1.56. The molecule has 0 aromatic carbocycles. The summed E-state index contributed by atoms with van der Waals surface area (Å²) in [6, 6.07) is 0. The van der Waals surface area contributed by atoms with Crippen LogP contribution in [0.25, 0.3) is 0 Å². The molecule has 20 heavy (non-hydrogen) atoms. The predicted octanol–water partition coefficient (Wildman–Crippen LogP) is 2.52. The van der Waals surface area contributed by atoms with Crippen molar-refractivity contribution in [1.29, 1.82) is 0 Å². The third-order valence-electron chi connectivity index (χ3n) is 3.12. The van der Waals surface area contributed by atoms with Crippen LogP contribution in [0.1, 0.15) is 53.6 Å². The van der Waals surface area contributed by atoms with E-state index in [9.17, 15) is 9.59 Å². The average Bonchev–Trinajstić information content (AvgIpc) is 2.80. The summed E-state index contributed by atoms with van der Waals surface area (Å²) in [5, 5.41) is 3.40. The fourth-order valence-electron chi connectivity index (χ4n) is 2.04. The van der Waals surface area contributed by atoms with Gasteiger partial charge in [-0.15, -0.1) is 11.3 Å². The largest absolute Gasteiger partial charge is 0.397 e. The van der Waals surface area contributed by atoms with E-state index in [0.717, 1.165) is 24.5 Å². The van der Waals surface area contributed by atoms with Gasteiger partial charge in [-0.25, -0.2) is 0 Å². The molecule has 5 nitrogen and oxygen atoms in total. The van der Waals surface area contributed by atoms with E-state index in [1.807, 2.05) is 6.92 Å². The summed E-state index contributed by atoms with van der Waals surface area (Å²) in [6.45, 7) is 7.51. The highest BCUT2D eigenvalue weighted by atomic mass is 32.1. The number of nitrogens with one attached hydrogen (secondary N) is 1. The van der Waals surface area contributed by atoms with Gasteiger partial charge in [-0.2, -0.15) is 0 Å². The molecule has 6 heteroatoms. The second kappa shape index (κ2) is 7.28. The summed E-state index contributed by atoms with van der Waals surface area (Å²) < 4.78 is 0. The zero-order chi connectivity index (χ0) is 15.3. The van der Waals surface area contributed by atoms with Crippen LogP contribution in [0, 0.1) is 0 Å². The lowest BCUT2D eigenvalue weighted by molar-refractivity contribution is 0.0964. The van der Waals surface area contributed by atoms with Crippen LogP contribution in [0.3, 0.4) is 0 Å². The summed E-state index contributed by atoms with van der Waals surface area (Å²) >= 11 is 1.33. The Morgan fingerprint density at radius 1 is 1.30 bits per heavy atom. The minimum atomic E-state index is -0.238. The van der Waals surface area contributed by atoms with Crippen LogP contribution in [-0.2, 0) is 0 Å². The molecule has 0 saturated carbocycles. The van der Waals surface area contributed by atoms with Crippen LogP contribution in [0.5, 0.6) is 0 Å². The quantitative estimate of drug-likeness (QED) is 0.758. The summed E-state index contributed by atoms with van der Waals surface area (Å²) in [7, 11) is 1.57. The molecule has 1 aromatic heterocycles. The summed E-state index contributed by atoms with van der Waals surface area (Å²) in [6.07, 6.45) is 1.35. The van der Waals surface area contributed by atoms with Gasteiger partial charge >= 0.3 is 0 Å². The highest BCUT2D eigenvalue weighted by molar-refractivity contribution is 7.19. The smallest absolute Gasteiger partial charge is 0.256 e. The Morgan fingerprint density at radius 3 is 2.40 bits per heavy atom. The van der Waals surface area contributed by atoms with Crippen LogP contribution >= 0.6 is 11.3 Å². The second-order valence-corrected chi connectivity index (χ2v) is 5.46. The van der Waals surface area contributed by atoms with Crippen LogP contribution < -0.4 is 16.0 Å². The Balaban J connectivity index is 3.40. The van der Waals surface area contributed by atoms with Crippen LogP contribution in [0.4, 0.5) is 10.7 Å². The molecule has 0 aliphatic carbocycles. The number of anilines is 2. The fourth-order valence-corrected chi connectivity index (χ4v) is 3.36. The summed E-state index contributed by atoms with van der Waals surface area (Å²) in [4.78, 5) is 26.6. The first-order valence-electron chi connectivity index (χ1n) is 6.94. The van der Waals surface area contributed by atoms with Crippen molar-refractivity contribution in [2.24, 2.45) is 0 Å². The number of rotatable bonds is 7. The van der Waals surface area contributed by atoms with Crippen molar-refractivity contribution in [3.8, 4) is 0 Å². The molecule has 0 spiro atoms. The minimum absolute atomic E-state index is 0.0172. The molecule has 112 valence electrons. The van der Waals surface area contributed by atoms with Gasteiger partial charge in [0.1, 0.15) is 5.00 Å². The molecule has 0 aliphatic heterocycles. The van der Waals surface area contributed by atoms with E-state index >= 15 is 0 Å². The van der Waals surface area contributed by atoms with E-state index in [-0.39, 0.29) is 11.7 Å². The van der Waals surface area contributed by atoms with Gasteiger partial charge in [-0.1, -0.05) is 13.8 Å². The minimum Gasteiger partial charge on any atom is -0.397 e. The first-order chi connectivity index (χ1) is 9.51. The molecular formula is C14H23N3O2S. The Kier molecular flexibility index (Phi) is 6.01. The van der Waals surface area contributed by atoms with Crippen LogP contribution in [-0.4, -0.2) is 31.8 Å². The number of nitrogens with zero attached hydrogens (tertiary/aromatic N) is 1. The SMILES string of the molecule is CCCN(CC)c1sc(C(=O)CC)c(N)c1C(=O)NC. The normalized spacial score (nSPS) is 10.4. The average molecular weight is 297 g/mol. The van der Waals surface area contributed by atoms with Gasteiger partial charge in [0.15, 0.2) is 5.78 Å². The van der Waals surface area contributed by atoms with Gasteiger partial charge in [0.25, 0.3) is 5.91 Å². The zero-order valence-corrected chi connectivity index (χ0v) is 13.4. The molecule has 0 atom stereocenters. The van der Waals surface area contributed by atoms with Crippen molar-refractivity contribution in [1.82, 2.24) is 5.32 Å². The lowest BCUT2D eigenvalue weighted by Gasteiger charge is -2.21. The number of amides is 1. The lowest BCUT2D eigenvalue weighted by atomic mass is 10.1. The van der Waals surface area contributed by atoms with E-state index in [1.165, 1.54) is 11.3 Å². The van der Waals surface area contributed by atoms with Crippen molar-refractivity contribution in [3.63, 3.8) is 0 Å². The predicted molar refractivity (Wildman–Crippen MR) is 84.9 cm³/mol. The first kappa shape index (κ1) is 16.5. The Morgan fingerprint density at radius 2 is 1.95 bits per heavy atom. The maximum Gasteiger partial charge on any atom is 0.256 e. The molecule has 1 heterocycles. The number of hydrogen-bond acceptors (Lipinski definition) is 5. The van der Waals surface area contributed by atoms with Crippen LogP contribution in [0.15, 0.2) is 0 Å². The molecule has 0 bridgehead atoms. The lowest BCUT2D eigenvalue weighted by Crippen LogP contribution is -2.27. The van der Waals surface area contributed by atoms with E-state index in [4.69, 9.17) is 5.73 Å². The number of nitrogen functional groups attached to an aromatic ring is 1. The third-order valence-corrected chi connectivity index (χ3v) is 4.42. The molecule has 0 fully saturated rings. The maximum atomic E-state index is 12.1. The maximum absolute atomic E-state index is 12.1. The highest BCUT2D eigenvalue weighted by Gasteiger charge is 2.26. The van der Waals surface area contributed by atoms with Gasteiger partial charge in [-0.3, -0.25) is 9.59 Å². The van der Waals surface area contributed by atoms with E-state index < -0.39 is 0 Å². The zero-order valence-electron chi connectivity index (χ0n) is 12.6. The Labute approximate surface area is 124 Å². The topological polar surface area (TPSA) is 75.4 Å². The molecule has 3 N–H and O–H groups in total. The van der Waals surface area contributed by atoms with E-state index in [2.05, 4.69) is 17.1 Å². The second-order valence-electron chi connectivity index (χ2n) is 4.46. The van der Waals surface area contributed by atoms with E-state index in [1.54, 1.807) is 14.0 Å². The van der Waals surface area contributed by atoms with Crippen molar-refractivity contribution in [2.45, 2.75) is 33.6 Å². The Bertz CT molecular complexity index is 497. The molecule has 0 radical (unpaired) electrons. The number of Topliss-reactive ketones (excluding diaryl/α,β-unsaturated/α-hetero) is 1. The molecular weight excluding hydrogens is 274 g/mol. The van der Waals surface area contributed by atoms with Gasteiger partial charge in [0, 0.05) is 26.6 Å². The number of hydrogen-bond donors (Lipinski definition) is 2. The molecule has 0 unspecified atom stereocenters. The number of carbonyl (C=O) groups excluding carboxylic acids is 2. The van der Waals surface area contributed by atoms with E-state index in [0.29, 0.717) is 22.5 Å². The number of ketones is 1. The molecule has 0 saturated heterocycles. The number of carbonyl (C=O) groups is 2. The first-order valence-corrected chi connectivity index (χ1v) is 7.75. The van der Waals surface area contributed by atoms with Gasteiger partial charge in [-0.05, 0) is 13.3 Å². The monoisotopic (exact) mass is 297 g/mol. The van der Waals surface area contributed by atoms with Crippen molar-refractivity contribution in [2.75, 3.05) is 30.8 Å². The molecule has 1 rings (SSSR count). The third kappa shape index (κ3) is 3.12. The molecule has 1 aromatic rings. The number of thiophene rings is 1. The van der Waals surface area contributed by atoms with Crippen molar-refractivity contribution in [3.05, 3.63) is 10.4 Å². The summed E-state index contributed by atoms with van der Waals surface area (Å²) in [5.74, 6) is -0.255. The fraction of sp³-hybridized carbons (Fsp3) is 0.571. The van der Waals surface area contributed by atoms with Gasteiger partial charge < -0.3 is 16.0 Å². The molecule has 0 aliphatic rings.